The number of rotatable bonds is 10. The number of epoxide rings is 1. The van der Waals surface area contributed by atoms with Crippen LogP contribution in [0.4, 0.5) is 13.2 Å². The van der Waals surface area contributed by atoms with Crippen molar-refractivity contribution in [1.29, 1.82) is 0 Å². The van der Waals surface area contributed by atoms with E-state index in [1.54, 1.807) is 0 Å². The number of halogens is 3. The Hall–Kier alpha value is -1.65. The highest BCUT2D eigenvalue weighted by atomic mass is 32.2. The van der Waals surface area contributed by atoms with E-state index in [-0.39, 0.29) is 37.0 Å². The number of ether oxygens (including phenoxy) is 1. The highest BCUT2D eigenvalue weighted by Gasteiger charge is 2.35. The Balaban J connectivity index is 2.32. The van der Waals surface area contributed by atoms with Crippen LogP contribution in [-0.2, 0) is 32.2 Å². The molecule has 2 rings (SSSR count). The van der Waals surface area contributed by atoms with Gasteiger partial charge in [0.1, 0.15) is 0 Å². The zero-order valence-electron chi connectivity index (χ0n) is 16.6. The van der Waals surface area contributed by atoms with Crippen LogP contribution in [0.3, 0.4) is 0 Å². The molecule has 0 amide bonds. The fourth-order valence-electron chi connectivity index (χ4n) is 3.11. The zero-order valence-corrected chi connectivity index (χ0v) is 17.4. The summed E-state index contributed by atoms with van der Waals surface area (Å²) < 4.78 is 71.4. The molecule has 0 radical (unpaired) electrons. The smallest absolute Gasteiger partial charge is 0.416 e. The molecule has 0 saturated carbocycles. The summed E-state index contributed by atoms with van der Waals surface area (Å²) in [5.74, 6) is -1.60. The SMILES string of the molecule is CC(C)CC(CCc1cc(C(F)(F)F)cc(S(=O)(=O)N(C)CC2CO2)c1)C(=O)O. The van der Waals surface area contributed by atoms with E-state index in [1.807, 2.05) is 13.8 Å². The second-order valence-corrected chi connectivity index (χ2v) is 9.85. The summed E-state index contributed by atoms with van der Waals surface area (Å²) in [5, 5.41) is 9.34. The summed E-state index contributed by atoms with van der Waals surface area (Å²) in [6.45, 7) is 4.21. The molecule has 0 bridgehead atoms. The topological polar surface area (TPSA) is 87.2 Å². The molecule has 1 heterocycles. The summed E-state index contributed by atoms with van der Waals surface area (Å²) in [7, 11) is -2.84. The number of aliphatic carboxylic acids is 1. The van der Waals surface area contributed by atoms with E-state index >= 15 is 0 Å². The van der Waals surface area contributed by atoms with Gasteiger partial charge in [-0.15, -0.1) is 0 Å². The van der Waals surface area contributed by atoms with Crippen molar-refractivity contribution >= 4 is 16.0 Å². The molecule has 29 heavy (non-hydrogen) atoms. The molecule has 1 N–H and O–H groups in total. The van der Waals surface area contributed by atoms with Crippen molar-refractivity contribution in [3.8, 4) is 0 Å². The van der Waals surface area contributed by atoms with Gasteiger partial charge in [-0.25, -0.2) is 8.42 Å². The molecule has 1 aliphatic rings. The minimum Gasteiger partial charge on any atom is -0.481 e. The lowest BCUT2D eigenvalue weighted by Gasteiger charge is -2.19. The van der Waals surface area contributed by atoms with Crippen molar-refractivity contribution in [2.24, 2.45) is 11.8 Å². The van der Waals surface area contributed by atoms with Crippen LogP contribution in [0.15, 0.2) is 23.1 Å². The highest BCUT2D eigenvalue weighted by molar-refractivity contribution is 7.89. The number of benzene rings is 1. The number of alkyl halides is 3. The van der Waals surface area contributed by atoms with Gasteiger partial charge in [-0.2, -0.15) is 17.5 Å². The summed E-state index contributed by atoms with van der Waals surface area (Å²) >= 11 is 0. The Morgan fingerprint density at radius 2 is 1.93 bits per heavy atom. The molecule has 10 heteroatoms. The highest BCUT2D eigenvalue weighted by Crippen LogP contribution is 2.33. The summed E-state index contributed by atoms with van der Waals surface area (Å²) in [6.07, 6.45) is -4.41. The zero-order chi connectivity index (χ0) is 22.0. The van der Waals surface area contributed by atoms with Gasteiger partial charge in [0.05, 0.1) is 29.1 Å². The minimum absolute atomic E-state index is 0.0333. The monoisotopic (exact) mass is 437 g/mol. The van der Waals surface area contributed by atoms with Crippen molar-refractivity contribution in [2.75, 3.05) is 20.2 Å². The molecular formula is C19H26F3NO5S. The van der Waals surface area contributed by atoms with Crippen molar-refractivity contribution < 1.29 is 36.2 Å². The van der Waals surface area contributed by atoms with Crippen molar-refractivity contribution in [2.45, 2.75) is 50.3 Å². The normalized spacial score (nSPS) is 18.3. The summed E-state index contributed by atoms with van der Waals surface area (Å²) in [4.78, 5) is 11.0. The number of likely N-dealkylation sites (N-methyl/N-ethyl adjacent to an activating group) is 1. The van der Waals surface area contributed by atoms with Gasteiger partial charge >= 0.3 is 12.1 Å². The molecule has 2 atom stereocenters. The molecule has 1 aliphatic heterocycles. The number of carbonyl (C=O) groups is 1. The standard InChI is InChI=1S/C19H26F3NO5S/c1-12(2)6-14(18(24)25)5-4-13-7-15(19(20,21)22)9-17(8-13)29(26,27)23(3)10-16-11-28-16/h7-9,12,14,16H,4-6,10-11H2,1-3H3,(H,24,25). The molecule has 164 valence electrons. The number of carboxylic acid groups (broad SMARTS) is 1. The maximum Gasteiger partial charge on any atom is 0.416 e. The van der Waals surface area contributed by atoms with Gasteiger partial charge in [0.15, 0.2) is 0 Å². The molecule has 1 aromatic carbocycles. The maximum absolute atomic E-state index is 13.3. The molecule has 0 spiro atoms. The van der Waals surface area contributed by atoms with Crippen LogP contribution in [-0.4, -0.2) is 50.1 Å². The number of hydrogen-bond acceptors (Lipinski definition) is 4. The minimum atomic E-state index is -4.72. The number of nitrogens with zero attached hydrogens (tertiary/aromatic N) is 1. The van der Waals surface area contributed by atoms with E-state index in [4.69, 9.17) is 4.74 Å². The first-order valence-electron chi connectivity index (χ1n) is 9.32. The van der Waals surface area contributed by atoms with Crippen LogP contribution < -0.4 is 0 Å². The Morgan fingerprint density at radius 1 is 1.31 bits per heavy atom. The van der Waals surface area contributed by atoms with Gasteiger partial charge in [0.25, 0.3) is 0 Å². The molecule has 0 aromatic heterocycles. The van der Waals surface area contributed by atoms with Gasteiger partial charge in [0.2, 0.25) is 10.0 Å². The van der Waals surface area contributed by atoms with Crippen LogP contribution in [0, 0.1) is 11.8 Å². The molecule has 0 aliphatic carbocycles. The van der Waals surface area contributed by atoms with Gasteiger partial charge < -0.3 is 9.84 Å². The molecule has 6 nitrogen and oxygen atoms in total. The van der Waals surface area contributed by atoms with Gasteiger partial charge in [-0.3, -0.25) is 4.79 Å². The second-order valence-electron chi connectivity index (χ2n) is 7.81. The third kappa shape index (κ3) is 6.68. The fourth-order valence-corrected chi connectivity index (χ4v) is 4.41. The maximum atomic E-state index is 13.3. The van der Waals surface area contributed by atoms with Crippen molar-refractivity contribution in [3.63, 3.8) is 0 Å². The van der Waals surface area contributed by atoms with E-state index in [0.717, 1.165) is 10.4 Å². The van der Waals surface area contributed by atoms with Crippen molar-refractivity contribution in [3.05, 3.63) is 29.3 Å². The molecule has 1 fully saturated rings. The van der Waals surface area contributed by atoms with Crippen LogP contribution in [0.5, 0.6) is 0 Å². The Morgan fingerprint density at radius 3 is 2.41 bits per heavy atom. The fraction of sp³-hybridized carbons (Fsp3) is 0.632. The average molecular weight is 437 g/mol. The molecule has 1 saturated heterocycles. The molecule has 2 unspecified atom stereocenters. The van der Waals surface area contributed by atoms with Crippen LogP contribution >= 0.6 is 0 Å². The number of hydrogen-bond donors (Lipinski definition) is 1. The lowest BCUT2D eigenvalue weighted by Crippen LogP contribution is -2.31. The van der Waals surface area contributed by atoms with E-state index < -0.39 is 38.5 Å². The third-order valence-electron chi connectivity index (χ3n) is 4.75. The first kappa shape index (κ1) is 23.6. The van der Waals surface area contributed by atoms with Crippen LogP contribution in [0.2, 0.25) is 0 Å². The van der Waals surface area contributed by atoms with E-state index in [2.05, 4.69) is 0 Å². The first-order chi connectivity index (χ1) is 13.3. The summed E-state index contributed by atoms with van der Waals surface area (Å²) in [6, 6.07) is 2.70. The third-order valence-corrected chi connectivity index (χ3v) is 6.55. The Bertz CT molecular complexity index is 835. The number of aryl methyl sites for hydroxylation is 1. The van der Waals surface area contributed by atoms with E-state index in [9.17, 15) is 31.5 Å². The van der Waals surface area contributed by atoms with Crippen LogP contribution in [0.1, 0.15) is 37.8 Å². The molecular weight excluding hydrogens is 411 g/mol. The number of carboxylic acids is 1. The Labute approximate surface area is 168 Å². The lowest BCUT2D eigenvalue weighted by atomic mass is 9.91. The van der Waals surface area contributed by atoms with Crippen LogP contribution in [0.25, 0.3) is 0 Å². The van der Waals surface area contributed by atoms with E-state index in [1.165, 1.54) is 13.1 Å². The second kappa shape index (κ2) is 9.01. The largest absolute Gasteiger partial charge is 0.481 e. The van der Waals surface area contributed by atoms with E-state index in [0.29, 0.717) is 19.1 Å². The van der Waals surface area contributed by atoms with Gasteiger partial charge in [-0.05, 0) is 48.9 Å². The predicted molar refractivity (Wildman–Crippen MR) is 99.9 cm³/mol. The predicted octanol–water partition coefficient (Wildman–Crippen LogP) is 3.40. The lowest BCUT2D eigenvalue weighted by molar-refractivity contribution is -0.142. The average Bonchev–Trinajstić information content (AvgIpc) is 3.40. The quantitative estimate of drug-likeness (QED) is 0.567. The van der Waals surface area contributed by atoms with Gasteiger partial charge in [0, 0.05) is 13.6 Å². The molecule has 1 aromatic rings. The van der Waals surface area contributed by atoms with Gasteiger partial charge in [-0.1, -0.05) is 13.8 Å². The number of sulfonamides is 1. The Kier molecular flexibility index (Phi) is 7.34. The van der Waals surface area contributed by atoms with Crippen molar-refractivity contribution in [1.82, 2.24) is 4.31 Å². The first-order valence-corrected chi connectivity index (χ1v) is 10.8. The summed E-state index contributed by atoms with van der Waals surface area (Å²) in [5.41, 5.74) is -0.926.